The molecule has 1 N–H and O–H groups in total. The molecular formula is C11H21N3S. The maximum atomic E-state index is 4.11. The summed E-state index contributed by atoms with van der Waals surface area (Å²) in [5.41, 5.74) is 0. The molecule has 0 amide bonds. The van der Waals surface area contributed by atoms with Gasteiger partial charge in [0.1, 0.15) is 10.0 Å². The van der Waals surface area contributed by atoms with Gasteiger partial charge in [-0.1, -0.05) is 26.7 Å². The zero-order chi connectivity index (χ0) is 11.1. The minimum absolute atomic E-state index is 0.643. The van der Waals surface area contributed by atoms with E-state index < -0.39 is 0 Å². The van der Waals surface area contributed by atoms with Gasteiger partial charge < -0.3 is 5.32 Å². The van der Waals surface area contributed by atoms with Gasteiger partial charge in [0.05, 0.1) is 0 Å². The van der Waals surface area contributed by atoms with Crippen molar-refractivity contribution in [3.05, 3.63) is 10.0 Å². The standard InChI is InChI=1S/C11H21N3S/c1-4-6-10(7-5-2)12-8-11-14-13-9(3)15-11/h10,12H,4-8H2,1-3H3. The highest BCUT2D eigenvalue weighted by atomic mass is 32.1. The van der Waals surface area contributed by atoms with Crippen LogP contribution in [0.2, 0.25) is 0 Å². The lowest BCUT2D eigenvalue weighted by molar-refractivity contribution is 0.442. The Hall–Kier alpha value is -0.480. The Bertz CT molecular complexity index is 267. The van der Waals surface area contributed by atoms with E-state index in [2.05, 4.69) is 29.4 Å². The molecule has 0 aliphatic rings. The summed E-state index contributed by atoms with van der Waals surface area (Å²) < 4.78 is 0. The summed E-state index contributed by atoms with van der Waals surface area (Å²) in [6, 6.07) is 0.643. The van der Waals surface area contributed by atoms with Gasteiger partial charge in [-0.3, -0.25) is 0 Å². The second kappa shape index (κ2) is 6.90. The number of aromatic nitrogens is 2. The van der Waals surface area contributed by atoms with Crippen LogP contribution in [-0.4, -0.2) is 16.2 Å². The van der Waals surface area contributed by atoms with Gasteiger partial charge in [0.15, 0.2) is 0 Å². The third-order valence-electron chi connectivity index (χ3n) is 2.38. The Morgan fingerprint density at radius 1 is 1.20 bits per heavy atom. The molecule has 0 spiro atoms. The highest BCUT2D eigenvalue weighted by Gasteiger charge is 2.07. The van der Waals surface area contributed by atoms with Gasteiger partial charge in [-0.25, -0.2) is 0 Å². The van der Waals surface area contributed by atoms with Gasteiger partial charge in [-0.05, 0) is 19.8 Å². The first-order chi connectivity index (χ1) is 7.26. The van der Waals surface area contributed by atoms with Gasteiger partial charge in [-0.2, -0.15) is 0 Å². The summed E-state index contributed by atoms with van der Waals surface area (Å²) in [5.74, 6) is 0. The molecule has 86 valence electrons. The number of aryl methyl sites for hydroxylation is 1. The molecule has 1 rings (SSSR count). The van der Waals surface area contributed by atoms with E-state index in [1.165, 1.54) is 25.7 Å². The van der Waals surface area contributed by atoms with Crippen LogP contribution >= 0.6 is 11.3 Å². The Balaban J connectivity index is 2.32. The molecule has 0 aromatic carbocycles. The number of hydrogen-bond acceptors (Lipinski definition) is 4. The minimum atomic E-state index is 0.643. The normalized spacial score (nSPS) is 11.2. The average molecular weight is 227 g/mol. The molecule has 0 aliphatic heterocycles. The molecule has 0 bridgehead atoms. The first kappa shape index (κ1) is 12.6. The summed E-state index contributed by atoms with van der Waals surface area (Å²) in [5, 5.41) is 13.8. The molecule has 1 aromatic heterocycles. The van der Waals surface area contributed by atoms with Crippen LogP contribution in [0.5, 0.6) is 0 Å². The largest absolute Gasteiger partial charge is 0.308 e. The van der Waals surface area contributed by atoms with E-state index in [0.717, 1.165) is 16.6 Å². The number of hydrogen-bond donors (Lipinski definition) is 1. The SMILES string of the molecule is CCCC(CCC)NCc1nnc(C)s1. The van der Waals surface area contributed by atoms with Crippen molar-refractivity contribution in [3.8, 4) is 0 Å². The quantitative estimate of drug-likeness (QED) is 0.778. The van der Waals surface area contributed by atoms with E-state index in [1.807, 2.05) is 6.92 Å². The second-order valence-electron chi connectivity index (χ2n) is 3.87. The fraction of sp³-hybridized carbons (Fsp3) is 0.818. The lowest BCUT2D eigenvalue weighted by Gasteiger charge is -2.15. The number of nitrogens with zero attached hydrogens (tertiary/aromatic N) is 2. The van der Waals surface area contributed by atoms with Crippen LogP contribution in [0.25, 0.3) is 0 Å². The molecule has 0 saturated carbocycles. The van der Waals surface area contributed by atoms with Crippen LogP contribution in [0.3, 0.4) is 0 Å². The zero-order valence-corrected chi connectivity index (χ0v) is 10.7. The van der Waals surface area contributed by atoms with Crippen LogP contribution in [-0.2, 0) is 6.54 Å². The summed E-state index contributed by atoms with van der Waals surface area (Å²) in [4.78, 5) is 0. The van der Waals surface area contributed by atoms with Gasteiger partial charge in [0, 0.05) is 12.6 Å². The molecule has 1 heterocycles. The fourth-order valence-corrected chi connectivity index (χ4v) is 2.35. The third-order valence-corrected chi connectivity index (χ3v) is 3.22. The van der Waals surface area contributed by atoms with Gasteiger partial charge >= 0.3 is 0 Å². The van der Waals surface area contributed by atoms with Crippen LogP contribution in [0, 0.1) is 6.92 Å². The van der Waals surface area contributed by atoms with Crippen molar-refractivity contribution in [1.82, 2.24) is 15.5 Å². The van der Waals surface area contributed by atoms with E-state index in [1.54, 1.807) is 11.3 Å². The van der Waals surface area contributed by atoms with Crippen molar-refractivity contribution in [2.45, 2.75) is 59.0 Å². The lowest BCUT2D eigenvalue weighted by Crippen LogP contribution is -2.28. The van der Waals surface area contributed by atoms with Crippen molar-refractivity contribution in [2.24, 2.45) is 0 Å². The molecule has 0 fully saturated rings. The zero-order valence-electron chi connectivity index (χ0n) is 9.92. The maximum Gasteiger partial charge on any atom is 0.131 e. The predicted octanol–water partition coefficient (Wildman–Crippen LogP) is 2.90. The molecule has 0 saturated heterocycles. The van der Waals surface area contributed by atoms with Crippen LogP contribution in [0.15, 0.2) is 0 Å². The summed E-state index contributed by atoms with van der Waals surface area (Å²) in [6.45, 7) is 7.34. The second-order valence-corrected chi connectivity index (χ2v) is 5.14. The van der Waals surface area contributed by atoms with Gasteiger partial charge in [0.2, 0.25) is 0 Å². The van der Waals surface area contributed by atoms with E-state index >= 15 is 0 Å². The molecule has 0 aliphatic carbocycles. The van der Waals surface area contributed by atoms with E-state index in [-0.39, 0.29) is 0 Å². The summed E-state index contributed by atoms with van der Waals surface area (Å²) in [7, 11) is 0. The van der Waals surface area contributed by atoms with E-state index in [9.17, 15) is 0 Å². The third kappa shape index (κ3) is 4.71. The smallest absolute Gasteiger partial charge is 0.131 e. The molecule has 3 nitrogen and oxygen atoms in total. The van der Waals surface area contributed by atoms with E-state index in [4.69, 9.17) is 0 Å². The predicted molar refractivity (Wildman–Crippen MR) is 65.1 cm³/mol. The Kier molecular flexibility index (Phi) is 5.79. The molecular weight excluding hydrogens is 206 g/mol. The van der Waals surface area contributed by atoms with Crippen molar-refractivity contribution in [1.29, 1.82) is 0 Å². The van der Waals surface area contributed by atoms with Gasteiger partial charge in [-0.15, -0.1) is 21.5 Å². The highest BCUT2D eigenvalue weighted by Crippen LogP contribution is 2.10. The van der Waals surface area contributed by atoms with Crippen LogP contribution in [0.4, 0.5) is 0 Å². The van der Waals surface area contributed by atoms with Gasteiger partial charge in [0.25, 0.3) is 0 Å². The molecule has 15 heavy (non-hydrogen) atoms. The van der Waals surface area contributed by atoms with Crippen molar-refractivity contribution >= 4 is 11.3 Å². The molecule has 0 atom stereocenters. The van der Waals surface area contributed by atoms with Crippen molar-refractivity contribution in [3.63, 3.8) is 0 Å². The highest BCUT2D eigenvalue weighted by molar-refractivity contribution is 7.11. The number of rotatable bonds is 7. The Morgan fingerprint density at radius 3 is 2.33 bits per heavy atom. The van der Waals surface area contributed by atoms with Crippen molar-refractivity contribution < 1.29 is 0 Å². The average Bonchev–Trinajstić information content (AvgIpc) is 2.61. The Labute approximate surface area is 96.3 Å². The first-order valence-electron chi connectivity index (χ1n) is 5.78. The van der Waals surface area contributed by atoms with Crippen molar-refractivity contribution in [2.75, 3.05) is 0 Å². The maximum absolute atomic E-state index is 4.11. The molecule has 0 unspecified atom stereocenters. The fourth-order valence-electron chi connectivity index (χ4n) is 1.69. The van der Waals surface area contributed by atoms with E-state index in [0.29, 0.717) is 6.04 Å². The van der Waals surface area contributed by atoms with Crippen LogP contribution < -0.4 is 5.32 Å². The molecule has 0 radical (unpaired) electrons. The monoisotopic (exact) mass is 227 g/mol. The topological polar surface area (TPSA) is 37.8 Å². The minimum Gasteiger partial charge on any atom is -0.308 e. The molecule has 1 aromatic rings. The summed E-state index contributed by atoms with van der Waals surface area (Å²) in [6.07, 6.45) is 5.00. The summed E-state index contributed by atoms with van der Waals surface area (Å²) >= 11 is 1.68. The van der Waals surface area contributed by atoms with Crippen LogP contribution in [0.1, 0.15) is 49.5 Å². The lowest BCUT2D eigenvalue weighted by atomic mass is 10.1. The Morgan fingerprint density at radius 2 is 1.87 bits per heavy atom. The molecule has 4 heteroatoms. The first-order valence-corrected chi connectivity index (χ1v) is 6.60. The number of nitrogens with one attached hydrogen (secondary N) is 1.